The first-order chi connectivity index (χ1) is 10.2. The van der Waals surface area contributed by atoms with Crippen molar-refractivity contribution < 1.29 is 4.79 Å². The zero-order chi connectivity index (χ0) is 15.5. The lowest BCUT2D eigenvalue weighted by molar-refractivity contribution is -0.121. The molecule has 3 N–H and O–H groups in total. The predicted octanol–water partition coefficient (Wildman–Crippen LogP) is 3.10. The molecule has 0 aliphatic carbocycles. The van der Waals surface area contributed by atoms with Crippen molar-refractivity contribution in [1.29, 1.82) is 0 Å². The highest BCUT2D eigenvalue weighted by atomic mass is 32.2. The summed E-state index contributed by atoms with van der Waals surface area (Å²) in [6, 6.07) is 9.45. The minimum atomic E-state index is -0.530. The van der Waals surface area contributed by atoms with Crippen LogP contribution in [0, 0.1) is 0 Å². The molecular weight excluding hydrogens is 300 g/mol. The second-order valence-corrected chi connectivity index (χ2v) is 6.40. The van der Waals surface area contributed by atoms with E-state index in [1.807, 2.05) is 42.1 Å². The number of amides is 1. The Morgan fingerprint density at radius 2 is 1.90 bits per heavy atom. The average Bonchev–Trinajstić information content (AvgIpc) is 2.47. The third-order valence-electron chi connectivity index (χ3n) is 3.25. The fourth-order valence-electron chi connectivity index (χ4n) is 2.13. The molecule has 1 aromatic carbocycles. The fourth-order valence-corrected chi connectivity index (χ4v) is 2.86. The molecule has 5 heteroatoms. The Morgan fingerprint density at radius 1 is 1.24 bits per heavy atom. The molecule has 0 aliphatic rings. The summed E-state index contributed by atoms with van der Waals surface area (Å²) < 4.78 is 0. The van der Waals surface area contributed by atoms with Crippen LogP contribution in [0.1, 0.15) is 37.2 Å². The van der Waals surface area contributed by atoms with Crippen LogP contribution < -0.4 is 11.1 Å². The number of benzene rings is 1. The van der Waals surface area contributed by atoms with Crippen molar-refractivity contribution in [3.05, 3.63) is 35.9 Å². The summed E-state index contributed by atoms with van der Waals surface area (Å²) in [6.45, 7) is 0.685. The molecule has 0 aromatic heterocycles. The van der Waals surface area contributed by atoms with Gasteiger partial charge in [-0.1, -0.05) is 55.4 Å². The van der Waals surface area contributed by atoms with E-state index in [0.717, 1.165) is 18.4 Å². The Hall–Kier alpha value is -1.07. The van der Waals surface area contributed by atoms with Crippen molar-refractivity contribution in [3.8, 4) is 0 Å². The van der Waals surface area contributed by atoms with Gasteiger partial charge in [0.15, 0.2) is 0 Å². The molecule has 1 rings (SSSR count). The number of hydrogen-bond acceptors (Lipinski definition) is 3. The molecule has 0 bridgehead atoms. The number of carbonyl (C=O) groups is 1. The van der Waals surface area contributed by atoms with E-state index in [-0.39, 0.29) is 10.9 Å². The van der Waals surface area contributed by atoms with Crippen molar-refractivity contribution in [2.24, 2.45) is 5.73 Å². The van der Waals surface area contributed by atoms with Crippen molar-refractivity contribution in [1.82, 2.24) is 5.32 Å². The Labute approximate surface area is 137 Å². The quantitative estimate of drug-likeness (QED) is 0.513. The summed E-state index contributed by atoms with van der Waals surface area (Å²) in [5.74, 6) is 0.583. The standard InChI is InChI=1S/C16H24N2OS2/c1-21-12-8-3-2-7-11-18-16(19)14(15(17)20)13-9-5-4-6-10-13/h4-6,9-10,14H,2-3,7-8,11-12H2,1H3,(H2,17,20)(H,18,19). The van der Waals surface area contributed by atoms with Gasteiger partial charge >= 0.3 is 0 Å². The van der Waals surface area contributed by atoms with Crippen molar-refractivity contribution in [2.75, 3.05) is 18.6 Å². The van der Waals surface area contributed by atoms with Crippen LogP contribution in [0.5, 0.6) is 0 Å². The molecule has 1 aromatic rings. The maximum absolute atomic E-state index is 12.2. The molecule has 1 unspecified atom stereocenters. The van der Waals surface area contributed by atoms with Gasteiger partial charge in [-0.05, 0) is 30.4 Å². The van der Waals surface area contributed by atoms with Crippen molar-refractivity contribution in [3.63, 3.8) is 0 Å². The second-order valence-electron chi connectivity index (χ2n) is 4.94. The molecule has 0 fully saturated rings. The minimum Gasteiger partial charge on any atom is -0.392 e. The molecule has 0 radical (unpaired) electrons. The van der Waals surface area contributed by atoms with Crippen LogP contribution in [0.25, 0.3) is 0 Å². The summed E-state index contributed by atoms with van der Waals surface area (Å²) in [5.41, 5.74) is 6.57. The number of rotatable bonds is 10. The molecule has 0 heterocycles. The van der Waals surface area contributed by atoms with Crippen LogP contribution >= 0.6 is 24.0 Å². The Morgan fingerprint density at radius 3 is 2.52 bits per heavy atom. The molecular formula is C16H24N2OS2. The van der Waals surface area contributed by atoms with Gasteiger partial charge in [-0.3, -0.25) is 4.79 Å². The normalized spacial score (nSPS) is 11.9. The summed E-state index contributed by atoms with van der Waals surface area (Å²) in [5, 5.41) is 2.94. The number of hydrogen-bond donors (Lipinski definition) is 2. The molecule has 1 atom stereocenters. The minimum absolute atomic E-state index is 0.0992. The van der Waals surface area contributed by atoms with Crippen LogP contribution in [0.2, 0.25) is 0 Å². The molecule has 0 saturated carbocycles. The summed E-state index contributed by atoms with van der Waals surface area (Å²) in [7, 11) is 0. The molecule has 0 saturated heterocycles. The van der Waals surface area contributed by atoms with Gasteiger partial charge in [-0.25, -0.2) is 0 Å². The third-order valence-corrected chi connectivity index (χ3v) is 4.19. The topological polar surface area (TPSA) is 55.1 Å². The van der Waals surface area contributed by atoms with E-state index >= 15 is 0 Å². The fraction of sp³-hybridized carbons (Fsp3) is 0.500. The number of thioether (sulfide) groups is 1. The zero-order valence-corrected chi connectivity index (χ0v) is 14.1. The van der Waals surface area contributed by atoms with Crippen LogP contribution in [-0.2, 0) is 4.79 Å². The van der Waals surface area contributed by atoms with Gasteiger partial charge < -0.3 is 11.1 Å². The lowest BCUT2D eigenvalue weighted by Crippen LogP contribution is -2.36. The van der Waals surface area contributed by atoms with Gasteiger partial charge in [0.05, 0.1) is 4.99 Å². The van der Waals surface area contributed by atoms with Gasteiger partial charge in [-0.15, -0.1) is 0 Å². The van der Waals surface area contributed by atoms with E-state index in [2.05, 4.69) is 11.6 Å². The Balaban J connectivity index is 2.36. The monoisotopic (exact) mass is 324 g/mol. The van der Waals surface area contributed by atoms with E-state index in [4.69, 9.17) is 18.0 Å². The van der Waals surface area contributed by atoms with Gasteiger partial charge in [-0.2, -0.15) is 11.8 Å². The highest BCUT2D eigenvalue weighted by Gasteiger charge is 2.22. The number of unbranched alkanes of at least 4 members (excludes halogenated alkanes) is 3. The first-order valence-corrected chi connectivity index (χ1v) is 9.08. The Bertz CT molecular complexity index is 437. The van der Waals surface area contributed by atoms with Gasteiger partial charge in [0.25, 0.3) is 0 Å². The van der Waals surface area contributed by atoms with Gasteiger partial charge in [0.1, 0.15) is 5.92 Å². The first-order valence-electron chi connectivity index (χ1n) is 7.27. The van der Waals surface area contributed by atoms with Crippen molar-refractivity contribution >= 4 is 34.9 Å². The van der Waals surface area contributed by atoms with Crippen LogP contribution in [0.15, 0.2) is 30.3 Å². The van der Waals surface area contributed by atoms with E-state index in [1.165, 1.54) is 18.6 Å². The Kier molecular flexibility index (Phi) is 9.10. The van der Waals surface area contributed by atoms with Crippen LogP contribution in [-0.4, -0.2) is 29.4 Å². The van der Waals surface area contributed by atoms with Gasteiger partial charge in [0.2, 0.25) is 5.91 Å². The van der Waals surface area contributed by atoms with E-state index < -0.39 is 5.92 Å². The van der Waals surface area contributed by atoms with Crippen LogP contribution in [0.4, 0.5) is 0 Å². The molecule has 1 amide bonds. The molecule has 116 valence electrons. The number of nitrogens with two attached hydrogens (primary N) is 1. The maximum Gasteiger partial charge on any atom is 0.234 e. The SMILES string of the molecule is CSCCCCCCNC(=O)C(C(N)=S)c1ccccc1. The molecule has 21 heavy (non-hydrogen) atoms. The van der Waals surface area contributed by atoms with Gasteiger partial charge in [0, 0.05) is 6.54 Å². The summed E-state index contributed by atoms with van der Waals surface area (Å²) in [4.78, 5) is 12.5. The summed E-state index contributed by atoms with van der Waals surface area (Å²) in [6.07, 6.45) is 6.73. The smallest absolute Gasteiger partial charge is 0.234 e. The largest absolute Gasteiger partial charge is 0.392 e. The number of nitrogens with one attached hydrogen (secondary N) is 1. The predicted molar refractivity (Wildman–Crippen MR) is 95.8 cm³/mol. The molecule has 0 spiro atoms. The third kappa shape index (κ3) is 6.96. The number of thiocarbonyl (C=S) groups is 1. The van der Waals surface area contributed by atoms with E-state index in [1.54, 1.807) is 0 Å². The first kappa shape index (κ1) is 18.0. The average molecular weight is 325 g/mol. The zero-order valence-electron chi connectivity index (χ0n) is 12.5. The second kappa shape index (κ2) is 10.6. The van der Waals surface area contributed by atoms with Crippen LogP contribution in [0.3, 0.4) is 0 Å². The van der Waals surface area contributed by atoms with E-state index in [9.17, 15) is 4.79 Å². The maximum atomic E-state index is 12.2. The lowest BCUT2D eigenvalue weighted by atomic mass is 9.98. The lowest BCUT2D eigenvalue weighted by Gasteiger charge is -2.15. The van der Waals surface area contributed by atoms with E-state index in [0.29, 0.717) is 6.54 Å². The molecule has 0 aliphatic heterocycles. The highest BCUT2D eigenvalue weighted by molar-refractivity contribution is 7.98. The number of carbonyl (C=O) groups excluding carboxylic acids is 1. The molecule has 3 nitrogen and oxygen atoms in total. The van der Waals surface area contributed by atoms with Crippen molar-refractivity contribution in [2.45, 2.75) is 31.6 Å². The summed E-state index contributed by atoms with van der Waals surface area (Å²) >= 11 is 6.92. The highest BCUT2D eigenvalue weighted by Crippen LogP contribution is 2.16.